The number of hydrogen-bond donors (Lipinski definition) is 0. The Hall–Kier alpha value is -1.97. The quantitative estimate of drug-likeness (QED) is 0.0730. The maximum atomic E-state index is 6.98. The predicted molar refractivity (Wildman–Crippen MR) is 221 cm³/mol. The number of ether oxygens (including phenoxy) is 7. The van der Waals surface area contributed by atoms with Crippen LogP contribution in [0.4, 0.5) is 0 Å². The van der Waals surface area contributed by atoms with Crippen molar-refractivity contribution in [3.8, 4) is 17.2 Å². The zero-order valence-electron chi connectivity index (χ0n) is 34.5. The van der Waals surface area contributed by atoms with Crippen molar-refractivity contribution in [1.82, 2.24) is 0 Å². The molecule has 0 aliphatic carbocycles. The Morgan fingerprint density at radius 3 is 1.64 bits per heavy atom. The van der Waals surface area contributed by atoms with Gasteiger partial charge in [-0.25, -0.2) is 0 Å². The lowest BCUT2D eigenvalue weighted by atomic mass is 9.93. The number of benzene rings is 2. The smallest absolute Gasteiger partial charge is 0.127 e. The lowest BCUT2D eigenvalue weighted by Crippen LogP contribution is -2.55. The fraction of sp³-hybridized carbons (Fsp3) is 0.733. The first-order valence-electron chi connectivity index (χ1n) is 21.3. The first-order valence-corrected chi connectivity index (χ1v) is 22.2. The van der Waals surface area contributed by atoms with Gasteiger partial charge < -0.3 is 33.2 Å². The third-order valence-corrected chi connectivity index (χ3v) is 11.2. The molecule has 0 bridgehead atoms. The van der Waals surface area contributed by atoms with Gasteiger partial charge in [-0.3, -0.25) is 0 Å². The minimum absolute atomic E-state index is 0.0512. The molecule has 0 saturated carbocycles. The van der Waals surface area contributed by atoms with Crippen LogP contribution in [0, 0.1) is 0 Å². The Morgan fingerprint density at radius 2 is 1.06 bits per heavy atom. The molecule has 0 amide bonds. The van der Waals surface area contributed by atoms with Gasteiger partial charge in [0.25, 0.3) is 0 Å². The summed E-state index contributed by atoms with van der Waals surface area (Å²) in [5, 5.41) is 0.0228. The van der Waals surface area contributed by atoms with E-state index in [4.69, 9.17) is 33.2 Å². The summed E-state index contributed by atoms with van der Waals surface area (Å²) in [6.45, 7) is 20.7. The van der Waals surface area contributed by atoms with Crippen LogP contribution in [0.2, 0.25) is 0 Å². The molecular weight excluding hydrogens is 685 g/mol. The van der Waals surface area contributed by atoms with E-state index in [-0.39, 0.29) is 28.8 Å². The number of hydrogen-bond acceptors (Lipinski definition) is 8. The SMILES string of the molecule is CCCCOC[C@H]1S[C@@H](c2cc(Cc3ccc(OCC)cc3)c(OCCCC)cc2OCCCC)[C@H](OCCCC)[C@@H](OCCCC)[C@@H]1OCCCC. The molecule has 2 aromatic rings. The zero-order chi connectivity index (χ0) is 38.1. The maximum absolute atomic E-state index is 6.98. The molecule has 0 aromatic heterocycles. The van der Waals surface area contributed by atoms with Gasteiger partial charge in [0.2, 0.25) is 0 Å². The lowest BCUT2D eigenvalue weighted by molar-refractivity contribution is -0.149. The van der Waals surface area contributed by atoms with Crippen molar-refractivity contribution in [1.29, 1.82) is 0 Å². The van der Waals surface area contributed by atoms with Gasteiger partial charge in [-0.2, -0.15) is 0 Å². The molecule has 1 aliphatic rings. The largest absolute Gasteiger partial charge is 0.494 e. The summed E-state index contributed by atoms with van der Waals surface area (Å²) in [4.78, 5) is 0. The number of rotatable bonds is 30. The van der Waals surface area contributed by atoms with E-state index < -0.39 is 0 Å². The highest BCUT2D eigenvalue weighted by molar-refractivity contribution is 8.00. The standard InChI is InChI=1S/C45H74O7S/c1-8-15-25-46-34-41-42(50-28-18-11-4)43(51-29-19-12-5)44(52-30-20-13-6)45(53-41)38-32-36(31-35-21-23-37(24-22-35)47-14-7)39(48-26-16-9-2)33-40(38)49-27-17-10-3/h21-24,32-33,41-45H,8-20,25-31,34H2,1-7H3/t41-,42-,43+,44-,45+/m1/s1. The van der Waals surface area contributed by atoms with Gasteiger partial charge >= 0.3 is 0 Å². The number of unbranched alkanes of at least 4 members (excludes halogenated alkanes) is 6. The van der Waals surface area contributed by atoms with Gasteiger partial charge in [0, 0.05) is 44.5 Å². The van der Waals surface area contributed by atoms with Gasteiger partial charge in [0.05, 0.1) is 36.9 Å². The van der Waals surface area contributed by atoms with Crippen LogP contribution in [0.25, 0.3) is 0 Å². The van der Waals surface area contributed by atoms with E-state index in [2.05, 4.69) is 77.9 Å². The first kappa shape index (κ1) is 45.4. The van der Waals surface area contributed by atoms with E-state index in [0.29, 0.717) is 46.2 Å². The van der Waals surface area contributed by atoms with Gasteiger partial charge in [0.1, 0.15) is 35.6 Å². The van der Waals surface area contributed by atoms with Crippen LogP contribution >= 0.6 is 11.8 Å². The fourth-order valence-electron chi connectivity index (χ4n) is 6.40. The minimum atomic E-state index is -0.236. The average Bonchev–Trinajstić information content (AvgIpc) is 3.16. The van der Waals surface area contributed by atoms with Crippen molar-refractivity contribution in [3.63, 3.8) is 0 Å². The highest BCUT2D eigenvalue weighted by Crippen LogP contribution is 2.50. The summed E-state index contributed by atoms with van der Waals surface area (Å²) in [7, 11) is 0. The van der Waals surface area contributed by atoms with Crippen LogP contribution in [-0.4, -0.2) is 76.4 Å². The Labute approximate surface area is 327 Å². The molecular formula is C45H74O7S. The summed E-state index contributed by atoms with van der Waals surface area (Å²) < 4.78 is 46.1. The van der Waals surface area contributed by atoms with E-state index >= 15 is 0 Å². The molecule has 0 unspecified atom stereocenters. The molecule has 0 spiro atoms. The topological polar surface area (TPSA) is 64.6 Å². The molecule has 3 rings (SSSR count). The van der Waals surface area contributed by atoms with E-state index in [1.165, 1.54) is 5.56 Å². The average molecular weight is 759 g/mol. The van der Waals surface area contributed by atoms with Crippen molar-refractivity contribution in [2.45, 2.75) is 161 Å². The lowest BCUT2D eigenvalue weighted by Gasteiger charge is -2.46. The van der Waals surface area contributed by atoms with Crippen molar-refractivity contribution in [2.24, 2.45) is 0 Å². The van der Waals surface area contributed by atoms with Crippen LogP contribution in [0.5, 0.6) is 17.2 Å². The summed E-state index contributed by atoms with van der Waals surface area (Å²) in [5.41, 5.74) is 3.50. The Balaban J connectivity index is 2.19. The third-order valence-electron chi connectivity index (χ3n) is 9.62. The van der Waals surface area contributed by atoms with Crippen LogP contribution in [-0.2, 0) is 25.4 Å². The Kier molecular flexibility index (Phi) is 23.6. The molecule has 302 valence electrons. The maximum Gasteiger partial charge on any atom is 0.127 e. The van der Waals surface area contributed by atoms with Crippen molar-refractivity contribution in [2.75, 3.05) is 52.9 Å². The molecule has 1 fully saturated rings. The summed E-state index contributed by atoms with van der Waals surface area (Å²) in [5.74, 6) is 2.66. The van der Waals surface area contributed by atoms with Crippen LogP contribution < -0.4 is 14.2 Å². The molecule has 0 radical (unpaired) electrons. The third kappa shape index (κ3) is 15.6. The van der Waals surface area contributed by atoms with E-state index in [1.54, 1.807) is 0 Å². The molecule has 1 saturated heterocycles. The second kappa shape index (κ2) is 27.6. The van der Waals surface area contributed by atoms with Crippen LogP contribution in [0.15, 0.2) is 36.4 Å². The molecule has 7 nitrogen and oxygen atoms in total. The second-order valence-corrected chi connectivity index (χ2v) is 15.6. The zero-order valence-corrected chi connectivity index (χ0v) is 35.3. The Bertz CT molecular complexity index is 1210. The molecule has 0 N–H and O–H groups in total. The molecule has 1 heterocycles. The van der Waals surface area contributed by atoms with Crippen LogP contribution in [0.3, 0.4) is 0 Å². The van der Waals surface area contributed by atoms with Gasteiger partial charge in [-0.05, 0) is 74.8 Å². The Morgan fingerprint density at radius 1 is 0.528 bits per heavy atom. The first-order chi connectivity index (χ1) is 26.0. The predicted octanol–water partition coefficient (Wildman–Crippen LogP) is 11.6. The van der Waals surface area contributed by atoms with Crippen LogP contribution in [0.1, 0.15) is 147 Å². The molecule has 53 heavy (non-hydrogen) atoms. The molecule has 8 heteroatoms. The monoisotopic (exact) mass is 759 g/mol. The van der Waals surface area contributed by atoms with E-state index in [0.717, 1.165) is 118 Å². The molecule has 1 aliphatic heterocycles. The van der Waals surface area contributed by atoms with E-state index in [1.807, 2.05) is 18.7 Å². The van der Waals surface area contributed by atoms with E-state index in [9.17, 15) is 0 Å². The second-order valence-electron chi connectivity index (χ2n) is 14.2. The van der Waals surface area contributed by atoms with Crippen molar-refractivity contribution in [3.05, 3.63) is 53.1 Å². The summed E-state index contributed by atoms with van der Waals surface area (Å²) in [6, 6.07) is 13.0. The number of thioether (sulfide) groups is 1. The van der Waals surface area contributed by atoms with Crippen molar-refractivity contribution < 1.29 is 33.2 Å². The van der Waals surface area contributed by atoms with Gasteiger partial charge in [-0.1, -0.05) is 92.2 Å². The summed E-state index contributed by atoms with van der Waals surface area (Å²) >= 11 is 1.93. The fourth-order valence-corrected chi connectivity index (χ4v) is 8.06. The van der Waals surface area contributed by atoms with Crippen molar-refractivity contribution >= 4 is 11.8 Å². The highest BCUT2D eigenvalue weighted by Gasteiger charge is 2.49. The molecule has 5 atom stereocenters. The summed E-state index contributed by atoms with van der Waals surface area (Å²) in [6.07, 6.45) is 12.6. The minimum Gasteiger partial charge on any atom is -0.494 e. The van der Waals surface area contributed by atoms with Gasteiger partial charge in [0.15, 0.2) is 0 Å². The van der Waals surface area contributed by atoms with Gasteiger partial charge in [-0.15, -0.1) is 11.8 Å². The highest BCUT2D eigenvalue weighted by atomic mass is 32.2. The molecule has 2 aromatic carbocycles. The normalized spacial score (nSPS) is 20.1.